The van der Waals surface area contributed by atoms with Gasteiger partial charge in [0.2, 0.25) is 0 Å². The SMILES string of the molecule is C1CCC(CN2CCN(CC3CCCCN3)CC2)NC1. The zero-order valence-corrected chi connectivity index (χ0v) is 12.9. The van der Waals surface area contributed by atoms with Crippen molar-refractivity contribution in [2.45, 2.75) is 50.6 Å². The molecule has 3 rings (SSSR count). The van der Waals surface area contributed by atoms with Crippen LogP contribution < -0.4 is 10.6 Å². The van der Waals surface area contributed by atoms with Crippen LogP contribution in [0.1, 0.15) is 38.5 Å². The van der Waals surface area contributed by atoms with Crippen LogP contribution in [0.3, 0.4) is 0 Å². The van der Waals surface area contributed by atoms with Crippen LogP contribution in [-0.4, -0.2) is 74.2 Å². The van der Waals surface area contributed by atoms with Gasteiger partial charge in [0.1, 0.15) is 0 Å². The average Bonchev–Trinajstić information content (AvgIpc) is 2.51. The van der Waals surface area contributed by atoms with Gasteiger partial charge in [-0.05, 0) is 38.8 Å². The van der Waals surface area contributed by atoms with Gasteiger partial charge < -0.3 is 10.6 Å². The third kappa shape index (κ3) is 4.42. The van der Waals surface area contributed by atoms with Crippen LogP contribution in [-0.2, 0) is 0 Å². The first-order chi connectivity index (χ1) is 9.90. The molecule has 4 heteroatoms. The molecule has 116 valence electrons. The summed E-state index contributed by atoms with van der Waals surface area (Å²) >= 11 is 0. The minimum absolute atomic E-state index is 0.760. The van der Waals surface area contributed by atoms with Crippen molar-refractivity contribution in [2.75, 3.05) is 52.4 Å². The lowest BCUT2D eigenvalue weighted by Crippen LogP contribution is -2.54. The Bertz CT molecular complexity index is 236. The molecule has 2 atom stereocenters. The summed E-state index contributed by atoms with van der Waals surface area (Å²) in [5, 5.41) is 7.36. The summed E-state index contributed by atoms with van der Waals surface area (Å²) in [6.07, 6.45) is 8.35. The molecule has 0 spiro atoms. The average molecular weight is 280 g/mol. The van der Waals surface area contributed by atoms with E-state index < -0.39 is 0 Å². The lowest BCUT2D eigenvalue weighted by atomic mass is 10.0. The smallest absolute Gasteiger partial charge is 0.0195 e. The molecule has 0 aromatic rings. The molecule has 3 saturated heterocycles. The highest BCUT2D eigenvalue weighted by molar-refractivity contribution is 4.82. The lowest BCUT2D eigenvalue weighted by Gasteiger charge is -2.39. The van der Waals surface area contributed by atoms with Crippen LogP contribution in [0.2, 0.25) is 0 Å². The number of piperazine rings is 1. The second-order valence-electron chi connectivity index (χ2n) is 6.89. The van der Waals surface area contributed by atoms with Gasteiger partial charge in [-0.15, -0.1) is 0 Å². The normalized spacial score (nSPS) is 34.2. The van der Waals surface area contributed by atoms with Gasteiger partial charge in [-0.1, -0.05) is 12.8 Å². The molecule has 0 aliphatic carbocycles. The Morgan fingerprint density at radius 1 is 0.650 bits per heavy atom. The highest BCUT2D eigenvalue weighted by Gasteiger charge is 2.23. The largest absolute Gasteiger partial charge is 0.313 e. The van der Waals surface area contributed by atoms with Crippen molar-refractivity contribution in [1.29, 1.82) is 0 Å². The molecular formula is C16H32N4. The fourth-order valence-electron chi connectivity index (χ4n) is 3.94. The van der Waals surface area contributed by atoms with Gasteiger partial charge in [-0.2, -0.15) is 0 Å². The Morgan fingerprint density at radius 3 is 1.45 bits per heavy atom. The minimum Gasteiger partial charge on any atom is -0.313 e. The van der Waals surface area contributed by atoms with Crippen LogP contribution in [0.4, 0.5) is 0 Å². The third-order valence-corrected chi connectivity index (χ3v) is 5.25. The predicted octanol–water partition coefficient (Wildman–Crippen LogP) is 0.888. The number of hydrogen-bond donors (Lipinski definition) is 2. The number of hydrogen-bond acceptors (Lipinski definition) is 4. The summed E-state index contributed by atoms with van der Waals surface area (Å²) in [7, 11) is 0. The maximum Gasteiger partial charge on any atom is 0.0195 e. The highest BCUT2D eigenvalue weighted by Crippen LogP contribution is 2.12. The minimum atomic E-state index is 0.760. The summed E-state index contributed by atoms with van der Waals surface area (Å²) in [6, 6.07) is 1.52. The molecule has 2 N–H and O–H groups in total. The molecule has 0 radical (unpaired) electrons. The maximum atomic E-state index is 3.68. The van der Waals surface area contributed by atoms with Gasteiger partial charge in [-0.3, -0.25) is 9.80 Å². The Balaban J connectivity index is 1.33. The van der Waals surface area contributed by atoms with Crippen molar-refractivity contribution in [3.8, 4) is 0 Å². The molecule has 20 heavy (non-hydrogen) atoms. The second kappa shape index (κ2) is 7.74. The molecule has 4 nitrogen and oxygen atoms in total. The first kappa shape index (κ1) is 14.8. The van der Waals surface area contributed by atoms with E-state index in [1.54, 1.807) is 0 Å². The number of rotatable bonds is 4. The van der Waals surface area contributed by atoms with E-state index >= 15 is 0 Å². The van der Waals surface area contributed by atoms with Crippen molar-refractivity contribution in [2.24, 2.45) is 0 Å². The highest BCUT2D eigenvalue weighted by atomic mass is 15.3. The number of nitrogens with zero attached hydrogens (tertiary/aromatic N) is 2. The van der Waals surface area contributed by atoms with Gasteiger partial charge in [0, 0.05) is 51.4 Å². The second-order valence-corrected chi connectivity index (χ2v) is 6.89. The summed E-state index contributed by atoms with van der Waals surface area (Å²) in [5.41, 5.74) is 0. The predicted molar refractivity (Wildman–Crippen MR) is 84.2 cm³/mol. The molecule has 0 aromatic carbocycles. The molecule has 3 aliphatic rings. The summed E-state index contributed by atoms with van der Waals surface area (Å²) in [6.45, 7) is 10.1. The summed E-state index contributed by atoms with van der Waals surface area (Å²) < 4.78 is 0. The zero-order valence-electron chi connectivity index (χ0n) is 12.9. The molecule has 3 heterocycles. The Hall–Kier alpha value is -0.160. The zero-order chi connectivity index (χ0) is 13.6. The van der Waals surface area contributed by atoms with Crippen LogP contribution in [0.15, 0.2) is 0 Å². The van der Waals surface area contributed by atoms with Gasteiger partial charge >= 0.3 is 0 Å². The van der Waals surface area contributed by atoms with E-state index in [0.29, 0.717) is 0 Å². The summed E-state index contributed by atoms with van der Waals surface area (Å²) in [5.74, 6) is 0. The maximum absolute atomic E-state index is 3.68. The standard InChI is InChI=1S/C16H32N4/c1-3-7-17-15(5-1)13-19-9-11-20(12-10-19)14-16-6-2-4-8-18-16/h15-18H,1-14H2. The first-order valence-corrected chi connectivity index (χ1v) is 8.81. The van der Waals surface area contributed by atoms with Crippen molar-refractivity contribution in [3.63, 3.8) is 0 Å². The molecule has 0 aromatic heterocycles. The lowest BCUT2D eigenvalue weighted by molar-refractivity contribution is 0.108. The molecule has 3 aliphatic heterocycles. The van der Waals surface area contributed by atoms with Gasteiger partial charge in [0.05, 0.1) is 0 Å². The van der Waals surface area contributed by atoms with Crippen molar-refractivity contribution in [3.05, 3.63) is 0 Å². The fraction of sp³-hybridized carbons (Fsp3) is 1.00. The molecule has 0 amide bonds. The van der Waals surface area contributed by atoms with E-state index in [0.717, 1.165) is 12.1 Å². The van der Waals surface area contributed by atoms with Crippen molar-refractivity contribution in [1.82, 2.24) is 20.4 Å². The Morgan fingerprint density at radius 2 is 1.10 bits per heavy atom. The van der Waals surface area contributed by atoms with Gasteiger partial charge in [-0.25, -0.2) is 0 Å². The van der Waals surface area contributed by atoms with Crippen LogP contribution in [0.25, 0.3) is 0 Å². The van der Waals surface area contributed by atoms with Crippen LogP contribution >= 0.6 is 0 Å². The van der Waals surface area contributed by atoms with Crippen molar-refractivity contribution >= 4 is 0 Å². The van der Waals surface area contributed by atoms with Crippen molar-refractivity contribution < 1.29 is 0 Å². The number of nitrogens with one attached hydrogen (secondary N) is 2. The monoisotopic (exact) mass is 280 g/mol. The van der Waals surface area contributed by atoms with E-state index in [1.807, 2.05) is 0 Å². The van der Waals surface area contributed by atoms with E-state index in [1.165, 1.54) is 90.9 Å². The number of piperidine rings is 2. The molecule has 0 saturated carbocycles. The van der Waals surface area contributed by atoms with Crippen LogP contribution in [0, 0.1) is 0 Å². The van der Waals surface area contributed by atoms with E-state index in [9.17, 15) is 0 Å². The summed E-state index contributed by atoms with van der Waals surface area (Å²) in [4.78, 5) is 5.35. The van der Waals surface area contributed by atoms with Gasteiger partial charge in [0.15, 0.2) is 0 Å². The topological polar surface area (TPSA) is 30.5 Å². The third-order valence-electron chi connectivity index (χ3n) is 5.25. The van der Waals surface area contributed by atoms with E-state index in [-0.39, 0.29) is 0 Å². The Labute approximate surface area is 124 Å². The molecule has 2 unspecified atom stereocenters. The van der Waals surface area contributed by atoms with E-state index in [2.05, 4.69) is 20.4 Å². The fourth-order valence-corrected chi connectivity index (χ4v) is 3.94. The van der Waals surface area contributed by atoms with Gasteiger partial charge in [0.25, 0.3) is 0 Å². The van der Waals surface area contributed by atoms with Crippen LogP contribution in [0.5, 0.6) is 0 Å². The molecule has 3 fully saturated rings. The first-order valence-electron chi connectivity index (χ1n) is 8.81. The quantitative estimate of drug-likeness (QED) is 0.801. The Kier molecular flexibility index (Phi) is 5.71. The molecule has 0 bridgehead atoms. The van der Waals surface area contributed by atoms with E-state index in [4.69, 9.17) is 0 Å². The molecular weight excluding hydrogens is 248 g/mol.